The van der Waals surface area contributed by atoms with Gasteiger partial charge in [-0.25, -0.2) is 4.98 Å². The van der Waals surface area contributed by atoms with Crippen molar-refractivity contribution in [3.05, 3.63) is 12.3 Å². The molecule has 1 aliphatic rings. The van der Waals surface area contributed by atoms with Crippen LogP contribution in [0.15, 0.2) is 12.3 Å². The Morgan fingerprint density at radius 3 is 2.67 bits per heavy atom. The van der Waals surface area contributed by atoms with Crippen LogP contribution in [0.1, 0.15) is 26.7 Å². The van der Waals surface area contributed by atoms with Gasteiger partial charge in [0.2, 0.25) is 0 Å². The van der Waals surface area contributed by atoms with Crippen molar-refractivity contribution in [2.24, 2.45) is 5.92 Å². The van der Waals surface area contributed by atoms with Crippen molar-refractivity contribution in [3.63, 3.8) is 0 Å². The molecule has 0 aromatic carbocycles. The first-order valence-electron chi connectivity index (χ1n) is 6.36. The maximum atomic E-state index is 6.04. The lowest BCUT2D eigenvalue weighted by atomic mass is 9.93. The second kappa shape index (κ2) is 5.02. The van der Waals surface area contributed by atoms with Crippen LogP contribution in [0.4, 0.5) is 17.2 Å². The molecule has 0 bridgehead atoms. The molecular weight excluding hydrogens is 228 g/mol. The number of aromatic nitrogens is 1. The summed E-state index contributed by atoms with van der Waals surface area (Å²) in [6.45, 7) is 4.37. The SMILES string of the molecule is COC1C(C)CCC(C)N1c1ncc(N)cc1N. The predicted molar refractivity (Wildman–Crippen MR) is 74.2 cm³/mol. The zero-order valence-electron chi connectivity index (χ0n) is 11.3. The highest BCUT2D eigenvalue weighted by Crippen LogP contribution is 2.35. The van der Waals surface area contributed by atoms with Crippen LogP contribution < -0.4 is 16.4 Å². The molecule has 0 saturated carbocycles. The minimum absolute atomic E-state index is 0.0205. The molecule has 4 N–H and O–H groups in total. The molecule has 1 aromatic rings. The summed E-state index contributed by atoms with van der Waals surface area (Å²) in [6.07, 6.45) is 3.94. The molecule has 5 nitrogen and oxygen atoms in total. The first-order chi connectivity index (χ1) is 8.54. The van der Waals surface area contributed by atoms with Crippen molar-refractivity contribution >= 4 is 17.2 Å². The van der Waals surface area contributed by atoms with Crippen LogP contribution >= 0.6 is 0 Å². The number of anilines is 3. The molecule has 1 saturated heterocycles. The van der Waals surface area contributed by atoms with Gasteiger partial charge >= 0.3 is 0 Å². The summed E-state index contributed by atoms with van der Waals surface area (Å²) in [5.41, 5.74) is 12.9. The molecule has 3 unspecified atom stereocenters. The lowest BCUT2D eigenvalue weighted by Gasteiger charge is -2.44. The van der Waals surface area contributed by atoms with Crippen LogP contribution in [0.25, 0.3) is 0 Å². The number of pyridine rings is 1. The Morgan fingerprint density at radius 1 is 1.33 bits per heavy atom. The van der Waals surface area contributed by atoms with Gasteiger partial charge in [-0.1, -0.05) is 6.92 Å². The second-order valence-electron chi connectivity index (χ2n) is 5.12. The van der Waals surface area contributed by atoms with E-state index in [1.54, 1.807) is 19.4 Å². The monoisotopic (exact) mass is 250 g/mol. The van der Waals surface area contributed by atoms with E-state index in [2.05, 4.69) is 23.7 Å². The molecule has 1 fully saturated rings. The standard InChI is InChI=1S/C13H22N4O/c1-8-4-5-9(2)17(13(8)18-3)12-11(15)6-10(14)7-16-12/h6-9,13H,4-5,14-15H2,1-3H3. The summed E-state index contributed by atoms with van der Waals surface area (Å²) in [5.74, 6) is 1.24. The molecule has 1 aromatic heterocycles. The quantitative estimate of drug-likeness (QED) is 0.837. The van der Waals surface area contributed by atoms with E-state index in [4.69, 9.17) is 16.2 Å². The van der Waals surface area contributed by atoms with E-state index >= 15 is 0 Å². The average Bonchev–Trinajstić information content (AvgIpc) is 2.33. The number of nitrogen functional groups attached to an aromatic ring is 2. The Bertz CT molecular complexity index is 423. The highest BCUT2D eigenvalue weighted by molar-refractivity contribution is 5.67. The minimum Gasteiger partial charge on any atom is -0.397 e. The van der Waals surface area contributed by atoms with E-state index in [-0.39, 0.29) is 6.23 Å². The summed E-state index contributed by atoms with van der Waals surface area (Å²) in [4.78, 5) is 6.55. The zero-order valence-corrected chi connectivity index (χ0v) is 11.3. The van der Waals surface area contributed by atoms with E-state index in [0.29, 0.717) is 23.3 Å². The highest BCUT2D eigenvalue weighted by Gasteiger charge is 2.34. The van der Waals surface area contributed by atoms with Gasteiger partial charge in [-0.05, 0) is 25.8 Å². The van der Waals surface area contributed by atoms with Gasteiger partial charge in [-0.3, -0.25) is 0 Å². The van der Waals surface area contributed by atoms with E-state index in [0.717, 1.165) is 18.7 Å². The summed E-state index contributed by atoms with van der Waals surface area (Å²) in [6, 6.07) is 2.12. The number of ether oxygens (including phenoxy) is 1. The van der Waals surface area contributed by atoms with E-state index < -0.39 is 0 Å². The second-order valence-corrected chi connectivity index (χ2v) is 5.12. The Morgan fingerprint density at radius 2 is 2.06 bits per heavy atom. The van der Waals surface area contributed by atoms with E-state index in [1.807, 2.05) is 0 Å². The minimum atomic E-state index is 0.0205. The fourth-order valence-electron chi connectivity index (χ4n) is 2.69. The third-order valence-electron chi connectivity index (χ3n) is 3.68. The number of hydrogen-bond donors (Lipinski definition) is 2. The highest BCUT2D eigenvalue weighted by atomic mass is 16.5. The Kier molecular flexibility index (Phi) is 3.61. The van der Waals surface area contributed by atoms with E-state index in [1.165, 1.54) is 0 Å². The number of nitrogens with two attached hydrogens (primary N) is 2. The fraction of sp³-hybridized carbons (Fsp3) is 0.615. The van der Waals surface area contributed by atoms with Gasteiger partial charge in [0.05, 0.1) is 17.6 Å². The van der Waals surface area contributed by atoms with Gasteiger partial charge in [0.25, 0.3) is 0 Å². The maximum Gasteiger partial charge on any atom is 0.154 e. The Balaban J connectivity index is 2.38. The Hall–Kier alpha value is -1.49. The van der Waals surface area contributed by atoms with Crippen LogP contribution in [0.2, 0.25) is 0 Å². The molecule has 100 valence electrons. The molecule has 0 amide bonds. The van der Waals surface area contributed by atoms with Crippen molar-refractivity contribution in [2.45, 2.75) is 39.0 Å². The zero-order chi connectivity index (χ0) is 13.3. The Labute approximate surface area is 108 Å². The van der Waals surface area contributed by atoms with Crippen molar-refractivity contribution in [1.82, 2.24) is 4.98 Å². The fourth-order valence-corrected chi connectivity index (χ4v) is 2.69. The van der Waals surface area contributed by atoms with Gasteiger partial charge in [-0.2, -0.15) is 0 Å². The predicted octanol–water partition coefficient (Wildman–Crippen LogP) is 1.84. The van der Waals surface area contributed by atoms with Crippen LogP contribution in [0.3, 0.4) is 0 Å². The molecule has 0 aliphatic carbocycles. The van der Waals surface area contributed by atoms with Crippen molar-refractivity contribution in [2.75, 3.05) is 23.5 Å². The molecule has 1 aliphatic heterocycles. The van der Waals surface area contributed by atoms with Crippen molar-refractivity contribution in [1.29, 1.82) is 0 Å². The first-order valence-corrected chi connectivity index (χ1v) is 6.36. The summed E-state index contributed by atoms with van der Waals surface area (Å²) >= 11 is 0. The topological polar surface area (TPSA) is 77.4 Å². The third kappa shape index (κ3) is 2.22. The molecule has 2 heterocycles. The molecule has 0 spiro atoms. The average molecular weight is 250 g/mol. The van der Waals surface area contributed by atoms with Crippen molar-refractivity contribution in [3.8, 4) is 0 Å². The first kappa shape index (κ1) is 13.0. The van der Waals surface area contributed by atoms with Crippen LogP contribution in [0, 0.1) is 5.92 Å². The normalized spacial score (nSPS) is 28.4. The largest absolute Gasteiger partial charge is 0.397 e. The number of rotatable bonds is 2. The summed E-state index contributed by atoms with van der Waals surface area (Å²) in [7, 11) is 1.74. The number of hydrogen-bond acceptors (Lipinski definition) is 5. The molecular formula is C13H22N4O. The van der Waals surface area contributed by atoms with Gasteiger partial charge in [0, 0.05) is 19.1 Å². The van der Waals surface area contributed by atoms with Crippen molar-refractivity contribution < 1.29 is 4.74 Å². The maximum absolute atomic E-state index is 6.04. The van der Waals surface area contributed by atoms with Crippen LogP contribution in [-0.2, 0) is 4.74 Å². The lowest BCUT2D eigenvalue weighted by molar-refractivity contribution is 0.0281. The number of methoxy groups -OCH3 is 1. The number of nitrogens with zero attached hydrogens (tertiary/aromatic N) is 2. The van der Waals surface area contributed by atoms with E-state index in [9.17, 15) is 0 Å². The van der Waals surface area contributed by atoms with Crippen LogP contribution in [-0.4, -0.2) is 24.4 Å². The van der Waals surface area contributed by atoms with Gasteiger partial charge in [0.1, 0.15) is 6.23 Å². The number of piperidine rings is 1. The smallest absolute Gasteiger partial charge is 0.154 e. The summed E-state index contributed by atoms with van der Waals surface area (Å²) in [5, 5.41) is 0. The molecule has 0 radical (unpaired) electrons. The van der Waals surface area contributed by atoms with Crippen LogP contribution in [0.5, 0.6) is 0 Å². The third-order valence-corrected chi connectivity index (χ3v) is 3.68. The lowest BCUT2D eigenvalue weighted by Crippen LogP contribution is -2.51. The van der Waals surface area contributed by atoms with Gasteiger partial charge < -0.3 is 21.1 Å². The molecule has 18 heavy (non-hydrogen) atoms. The molecule has 3 atom stereocenters. The van der Waals surface area contributed by atoms with Gasteiger partial charge in [0.15, 0.2) is 5.82 Å². The summed E-state index contributed by atoms with van der Waals surface area (Å²) < 4.78 is 5.63. The molecule has 5 heteroatoms. The van der Waals surface area contributed by atoms with Gasteiger partial charge in [-0.15, -0.1) is 0 Å². The molecule has 2 rings (SSSR count).